The fourth-order valence-electron chi connectivity index (χ4n) is 2.17. The van der Waals surface area contributed by atoms with Crippen molar-refractivity contribution in [1.82, 2.24) is 14.8 Å². The third kappa shape index (κ3) is 3.20. The number of aromatic nitrogens is 3. The first-order chi connectivity index (χ1) is 9.13. The molecule has 1 unspecified atom stereocenters. The fraction of sp³-hybridized carbons (Fsp3) is 0.467. The molecule has 2 rings (SSSR count). The molecule has 2 aromatic heterocycles. The van der Waals surface area contributed by atoms with Gasteiger partial charge in [-0.25, -0.2) is 0 Å². The predicted octanol–water partition coefficient (Wildman–Crippen LogP) is 2.44. The second-order valence-electron chi connectivity index (χ2n) is 4.76. The Labute approximate surface area is 114 Å². The van der Waals surface area contributed by atoms with E-state index in [-0.39, 0.29) is 0 Å². The number of aliphatic hydroxyl groups excluding tert-OH is 1. The largest absolute Gasteiger partial charge is 0.386 e. The van der Waals surface area contributed by atoms with E-state index >= 15 is 0 Å². The van der Waals surface area contributed by atoms with E-state index in [4.69, 9.17) is 0 Å². The van der Waals surface area contributed by atoms with Crippen LogP contribution in [0, 0.1) is 6.92 Å². The quantitative estimate of drug-likeness (QED) is 0.897. The molecule has 0 fully saturated rings. The molecule has 0 spiro atoms. The molecule has 4 nitrogen and oxygen atoms in total. The van der Waals surface area contributed by atoms with Crippen LogP contribution in [0.1, 0.15) is 42.6 Å². The third-order valence-electron chi connectivity index (χ3n) is 3.27. The molecule has 0 radical (unpaired) electrons. The van der Waals surface area contributed by atoms with Crippen LogP contribution in [0.5, 0.6) is 0 Å². The molecule has 1 atom stereocenters. The molecule has 102 valence electrons. The summed E-state index contributed by atoms with van der Waals surface area (Å²) in [6.07, 6.45) is 2.83. The minimum Gasteiger partial charge on any atom is -0.386 e. The van der Waals surface area contributed by atoms with Crippen molar-refractivity contribution >= 4 is 0 Å². The van der Waals surface area contributed by atoms with Crippen LogP contribution in [0.2, 0.25) is 0 Å². The second-order valence-corrected chi connectivity index (χ2v) is 4.76. The Balaban J connectivity index is 2.12. The van der Waals surface area contributed by atoms with Crippen molar-refractivity contribution in [3.63, 3.8) is 0 Å². The minimum atomic E-state index is -0.555. The van der Waals surface area contributed by atoms with Gasteiger partial charge in [0.2, 0.25) is 0 Å². The lowest BCUT2D eigenvalue weighted by Gasteiger charge is -2.12. The standard InChI is InChI=1S/C15H21N3O/c1-4-12-6-7-13(16-10-12)9-15(19)14-8-11(3)17-18(14)5-2/h6-8,10,15,19H,4-5,9H2,1-3H3. The summed E-state index contributed by atoms with van der Waals surface area (Å²) in [4.78, 5) is 4.39. The molecular formula is C15H21N3O. The SMILES string of the molecule is CCc1ccc(CC(O)c2cc(C)nn2CC)nc1. The Kier molecular flexibility index (Phi) is 4.32. The van der Waals surface area contributed by atoms with E-state index in [1.165, 1.54) is 5.56 Å². The molecule has 4 heteroatoms. The van der Waals surface area contributed by atoms with Gasteiger partial charge in [-0.2, -0.15) is 5.10 Å². The summed E-state index contributed by atoms with van der Waals surface area (Å²) in [5, 5.41) is 14.7. The molecule has 0 saturated carbocycles. The maximum absolute atomic E-state index is 10.3. The Bertz CT molecular complexity index is 531. The third-order valence-corrected chi connectivity index (χ3v) is 3.27. The minimum absolute atomic E-state index is 0.523. The zero-order chi connectivity index (χ0) is 13.8. The molecular weight excluding hydrogens is 238 g/mol. The zero-order valence-electron chi connectivity index (χ0n) is 11.8. The molecule has 0 bridgehead atoms. The topological polar surface area (TPSA) is 50.9 Å². The molecule has 19 heavy (non-hydrogen) atoms. The lowest BCUT2D eigenvalue weighted by molar-refractivity contribution is 0.166. The van der Waals surface area contributed by atoms with Crippen molar-refractivity contribution in [3.05, 3.63) is 47.0 Å². The van der Waals surface area contributed by atoms with Crippen LogP contribution in [0.3, 0.4) is 0 Å². The van der Waals surface area contributed by atoms with Crippen molar-refractivity contribution in [2.45, 2.75) is 46.3 Å². The van der Waals surface area contributed by atoms with Gasteiger partial charge in [0, 0.05) is 24.9 Å². The van der Waals surface area contributed by atoms with Crippen molar-refractivity contribution < 1.29 is 5.11 Å². The number of hydrogen-bond acceptors (Lipinski definition) is 3. The summed E-state index contributed by atoms with van der Waals surface area (Å²) < 4.78 is 1.85. The van der Waals surface area contributed by atoms with Gasteiger partial charge < -0.3 is 5.11 Å². The summed E-state index contributed by atoms with van der Waals surface area (Å²) in [5.74, 6) is 0. The lowest BCUT2D eigenvalue weighted by atomic mass is 10.1. The number of pyridine rings is 1. The molecule has 0 amide bonds. The van der Waals surface area contributed by atoms with Crippen LogP contribution < -0.4 is 0 Å². The number of aryl methyl sites for hydroxylation is 3. The van der Waals surface area contributed by atoms with Gasteiger partial charge in [0.15, 0.2) is 0 Å². The fourth-order valence-corrected chi connectivity index (χ4v) is 2.17. The van der Waals surface area contributed by atoms with Gasteiger partial charge in [-0.3, -0.25) is 9.67 Å². The number of rotatable bonds is 5. The maximum Gasteiger partial charge on any atom is 0.101 e. The maximum atomic E-state index is 10.3. The van der Waals surface area contributed by atoms with Gasteiger partial charge in [-0.05, 0) is 38.0 Å². The highest BCUT2D eigenvalue weighted by molar-refractivity contribution is 5.18. The zero-order valence-corrected chi connectivity index (χ0v) is 11.8. The summed E-state index contributed by atoms with van der Waals surface area (Å²) in [6, 6.07) is 5.99. The molecule has 0 aliphatic heterocycles. The number of nitrogens with zero attached hydrogens (tertiary/aromatic N) is 3. The van der Waals surface area contributed by atoms with Crippen LogP contribution in [-0.2, 0) is 19.4 Å². The van der Waals surface area contributed by atoms with Gasteiger partial charge in [-0.15, -0.1) is 0 Å². The smallest absolute Gasteiger partial charge is 0.101 e. The molecule has 0 aromatic carbocycles. The molecule has 0 saturated heterocycles. The van der Waals surface area contributed by atoms with Crippen LogP contribution in [-0.4, -0.2) is 19.9 Å². The Morgan fingerprint density at radius 2 is 2.11 bits per heavy atom. The summed E-state index contributed by atoms with van der Waals surface area (Å²) in [7, 11) is 0. The van der Waals surface area contributed by atoms with E-state index in [2.05, 4.69) is 23.1 Å². The Morgan fingerprint density at radius 3 is 2.68 bits per heavy atom. The highest BCUT2D eigenvalue weighted by Gasteiger charge is 2.15. The average Bonchev–Trinajstić information content (AvgIpc) is 2.81. The second kappa shape index (κ2) is 5.97. The lowest BCUT2D eigenvalue weighted by Crippen LogP contribution is -2.10. The predicted molar refractivity (Wildman–Crippen MR) is 74.9 cm³/mol. The number of aliphatic hydroxyl groups is 1. The Hall–Kier alpha value is -1.68. The average molecular weight is 259 g/mol. The Morgan fingerprint density at radius 1 is 1.32 bits per heavy atom. The summed E-state index contributed by atoms with van der Waals surface area (Å²) in [5.41, 5.74) is 3.92. The van der Waals surface area contributed by atoms with Crippen molar-refractivity contribution in [3.8, 4) is 0 Å². The highest BCUT2D eigenvalue weighted by Crippen LogP contribution is 2.18. The van der Waals surface area contributed by atoms with E-state index in [9.17, 15) is 5.11 Å². The highest BCUT2D eigenvalue weighted by atomic mass is 16.3. The monoisotopic (exact) mass is 259 g/mol. The van der Waals surface area contributed by atoms with E-state index < -0.39 is 6.10 Å². The van der Waals surface area contributed by atoms with Crippen LogP contribution >= 0.6 is 0 Å². The van der Waals surface area contributed by atoms with Crippen LogP contribution in [0.4, 0.5) is 0 Å². The first-order valence-corrected chi connectivity index (χ1v) is 6.80. The normalized spacial score (nSPS) is 12.6. The molecule has 2 aromatic rings. The molecule has 1 N–H and O–H groups in total. The molecule has 0 aliphatic carbocycles. The van der Waals surface area contributed by atoms with Gasteiger partial charge in [0.05, 0.1) is 11.4 Å². The first-order valence-electron chi connectivity index (χ1n) is 6.80. The van der Waals surface area contributed by atoms with Gasteiger partial charge in [0.25, 0.3) is 0 Å². The van der Waals surface area contributed by atoms with Crippen molar-refractivity contribution in [1.29, 1.82) is 0 Å². The summed E-state index contributed by atoms with van der Waals surface area (Å²) >= 11 is 0. The van der Waals surface area contributed by atoms with Crippen molar-refractivity contribution in [2.24, 2.45) is 0 Å². The van der Waals surface area contributed by atoms with E-state index in [0.29, 0.717) is 6.42 Å². The number of hydrogen-bond donors (Lipinski definition) is 1. The first kappa shape index (κ1) is 13.7. The van der Waals surface area contributed by atoms with Gasteiger partial charge in [0.1, 0.15) is 6.10 Å². The van der Waals surface area contributed by atoms with Gasteiger partial charge in [-0.1, -0.05) is 13.0 Å². The van der Waals surface area contributed by atoms with E-state index in [1.807, 2.05) is 36.9 Å². The summed E-state index contributed by atoms with van der Waals surface area (Å²) in [6.45, 7) is 6.84. The van der Waals surface area contributed by atoms with Crippen LogP contribution in [0.15, 0.2) is 24.4 Å². The van der Waals surface area contributed by atoms with E-state index in [1.54, 1.807) is 0 Å². The molecule has 0 aliphatic rings. The molecule has 2 heterocycles. The van der Waals surface area contributed by atoms with Gasteiger partial charge >= 0.3 is 0 Å². The van der Waals surface area contributed by atoms with E-state index in [0.717, 1.165) is 30.0 Å². The van der Waals surface area contributed by atoms with Crippen molar-refractivity contribution in [2.75, 3.05) is 0 Å². The van der Waals surface area contributed by atoms with Crippen LogP contribution in [0.25, 0.3) is 0 Å².